The fraction of sp³-hybridized carbons (Fsp3) is 0.600. The van der Waals surface area contributed by atoms with Gasteiger partial charge in [-0.1, -0.05) is 13.3 Å². The average Bonchev–Trinajstić information content (AvgIpc) is 1.61. The lowest BCUT2D eigenvalue weighted by Gasteiger charge is -1.80. The van der Waals surface area contributed by atoms with Crippen LogP contribution in [-0.4, -0.2) is 0 Å². The third kappa shape index (κ3) is 6.40. The molecule has 0 aliphatic carbocycles. The van der Waals surface area contributed by atoms with Gasteiger partial charge < -0.3 is 0 Å². The van der Waals surface area contributed by atoms with Crippen molar-refractivity contribution < 1.29 is 4.39 Å². The Morgan fingerprint density at radius 2 is 2.43 bits per heavy atom. The van der Waals surface area contributed by atoms with Gasteiger partial charge in [0.2, 0.25) is 0 Å². The molecule has 0 radical (unpaired) electrons. The summed E-state index contributed by atoms with van der Waals surface area (Å²) in [4.78, 5) is 0. The number of halogens is 2. The molecule has 7 heavy (non-hydrogen) atoms. The van der Waals surface area contributed by atoms with Crippen molar-refractivity contribution in [3.8, 4) is 0 Å². The summed E-state index contributed by atoms with van der Waals surface area (Å²) in [6.45, 7) is 2.02. The lowest BCUT2D eigenvalue weighted by molar-refractivity contribution is 0.702. The van der Waals surface area contributed by atoms with Crippen LogP contribution in [0.5, 0.6) is 0 Å². The van der Waals surface area contributed by atoms with E-state index in [1.165, 1.54) is 0 Å². The Balaban J connectivity index is 3.08. The Kier molecular flexibility index (Phi) is 4.82. The Bertz CT molecular complexity index is 64.5. The molecule has 0 unspecified atom stereocenters. The first kappa shape index (κ1) is 7.40. The van der Waals surface area contributed by atoms with Crippen LogP contribution in [0.15, 0.2) is 9.91 Å². The quantitative estimate of drug-likeness (QED) is 0.619. The Labute approximate surface area is 56.9 Å². The van der Waals surface area contributed by atoms with Crippen molar-refractivity contribution in [2.24, 2.45) is 0 Å². The molecule has 42 valence electrons. The van der Waals surface area contributed by atoms with Gasteiger partial charge in [-0.3, -0.25) is 0 Å². The highest BCUT2D eigenvalue weighted by molar-refractivity contribution is 14.1. The molecule has 0 aromatic heterocycles. The first-order valence-corrected chi connectivity index (χ1v) is 3.36. The summed E-state index contributed by atoms with van der Waals surface area (Å²) in [5, 5.41) is 0. The molecule has 0 nitrogen and oxygen atoms in total. The molecule has 0 aromatic carbocycles. The normalized spacial score (nSPS) is 12.1. The topological polar surface area (TPSA) is 0 Å². The van der Waals surface area contributed by atoms with Crippen molar-refractivity contribution in [3.63, 3.8) is 0 Å². The molecule has 0 amide bonds. The van der Waals surface area contributed by atoms with Crippen LogP contribution in [0, 0.1) is 0 Å². The van der Waals surface area contributed by atoms with E-state index in [0.29, 0.717) is 0 Å². The minimum Gasteiger partial charge on any atom is -0.200 e. The molecular weight excluding hydrogens is 206 g/mol. The lowest BCUT2D eigenvalue weighted by atomic mass is 10.3. The van der Waals surface area contributed by atoms with Crippen molar-refractivity contribution >= 4 is 22.6 Å². The van der Waals surface area contributed by atoms with E-state index in [1.807, 2.05) is 6.92 Å². The minimum absolute atomic E-state index is 0.0977. The molecular formula is C5H8FI. The predicted molar refractivity (Wildman–Crippen MR) is 38.1 cm³/mol. The first-order chi connectivity index (χ1) is 3.27. The molecule has 0 atom stereocenters. The number of rotatable bonds is 2. The molecule has 2 heteroatoms. The van der Waals surface area contributed by atoms with Crippen molar-refractivity contribution in [1.29, 1.82) is 0 Å². The summed E-state index contributed by atoms with van der Waals surface area (Å²) in [6.07, 6.45) is 3.46. The molecule has 0 saturated heterocycles. The molecule has 0 heterocycles. The Morgan fingerprint density at radius 1 is 1.86 bits per heavy atom. The van der Waals surface area contributed by atoms with E-state index < -0.39 is 0 Å². The van der Waals surface area contributed by atoms with Crippen LogP contribution in [0.4, 0.5) is 4.39 Å². The summed E-state index contributed by atoms with van der Waals surface area (Å²) >= 11 is 1.66. The summed E-state index contributed by atoms with van der Waals surface area (Å²) in [6, 6.07) is 0. The van der Waals surface area contributed by atoms with E-state index in [1.54, 1.807) is 28.7 Å². The monoisotopic (exact) mass is 214 g/mol. The van der Waals surface area contributed by atoms with E-state index in [-0.39, 0.29) is 3.83 Å². The SMILES string of the molecule is CCC/C=C(/F)I. The molecule has 0 aliphatic rings. The van der Waals surface area contributed by atoms with Gasteiger partial charge in [0.15, 0.2) is 3.83 Å². The largest absolute Gasteiger partial charge is 0.200 e. The molecule has 0 rings (SSSR count). The molecule has 0 N–H and O–H groups in total. The standard InChI is InChI=1S/C5H8FI/c1-2-3-4-5(6)7/h4H,2-3H2,1H3/b5-4-. The van der Waals surface area contributed by atoms with Crippen molar-refractivity contribution in [1.82, 2.24) is 0 Å². The van der Waals surface area contributed by atoms with E-state index in [4.69, 9.17) is 0 Å². The molecule has 0 bridgehead atoms. The molecule has 0 saturated carbocycles. The van der Waals surface area contributed by atoms with Gasteiger partial charge in [-0.15, -0.1) is 0 Å². The smallest absolute Gasteiger partial charge is 0.156 e. The van der Waals surface area contributed by atoms with Gasteiger partial charge >= 0.3 is 0 Å². The molecule has 0 spiro atoms. The minimum atomic E-state index is -0.0977. The van der Waals surface area contributed by atoms with Crippen molar-refractivity contribution in [3.05, 3.63) is 9.91 Å². The number of hydrogen-bond acceptors (Lipinski definition) is 0. The number of hydrogen-bond donors (Lipinski definition) is 0. The lowest BCUT2D eigenvalue weighted by Crippen LogP contribution is -1.59. The second-order valence-corrected chi connectivity index (χ2v) is 2.31. The van der Waals surface area contributed by atoms with E-state index in [0.717, 1.165) is 12.8 Å². The number of allylic oxidation sites excluding steroid dienone is 1. The highest BCUT2D eigenvalue weighted by atomic mass is 127. The van der Waals surface area contributed by atoms with Crippen LogP contribution in [0.25, 0.3) is 0 Å². The highest BCUT2D eigenvalue weighted by Crippen LogP contribution is 2.07. The maximum Gasteiger partial charge on any atom is 0.156 e. The number of unbranched alkanes of at least 4 members (excludes halogenated alkanes) is 1. The average molecular weight is 214 g/mol. The molecule has 0 aromatic rings. The van der Waals surface area contributed by atoms with Crippen LogP contribution in [-0.2, 0) is 0 Å². The first-order valence-electron chi connectivity index (χ1n) is 2.28. The van der Waals surface area contributed by atoms with Crippen LogP contribution >= 0.6 is 22.6 Å². The van der Waals surface area contributed by atoms with Crippen LogP contribution in [0.2, 0.25) is 0 Å². The van der Waals surface area contributed by atoms with Gasteiger partial charge in [0, 0.05) is 0 Å². The molecule has 0 aliphatic heterocycles. The van der Waals surface area contributed by atoms with E-state index in [2.05, 4.69) is 0 Å². The second-order valence-electron chi connectivity index (χ2n) is 1.28. The maximum atomic E-state index is 11.7. The van der Waals surface area contributed by atoms with Crippen molar-refractivity contribution in [2.75, 3.05) is 0 Å². The zero-order chi connectivity index (χ0) is 5.70. The van der Waals surface area contributed by atoms with Gasteiger partial charge in [-0.05, 0) is 35.1 Å². The van der Waals surface area contributed by atoms with Gasteiger partial charge in [-0.2, -0.15) is 0 Å². The third-order valence-corrected chi connectivity index (χ3v) is 1.03. The predicted octanol–water partition coefficient (Wildman–Crippen LogP) is 3.03. The summed E-state index contributed by atoms with van der Waals surface area (Å²) in [5.74, 6) is 0. The van der Waals surface area contributed by atoms with Crippen molar-refractivity contribution in [2.45, 2.75) is 19.8 Å². The third-order valence-electron chi connectivity index (χ3n) is 0.587. The fourth-order valence-electron chi connectivity index (χ4n) is 0.253. The summed E-state index contributed by atoms with van der Waals surface area (Å²) < 4.78 is 11.6. The second kappa shape index (κ2) is 4.56. The van der Waals surface area contributed by atoms with Gasteiger partial charge in [0.25, 0.3) is 0 Å². The Hall–Kier alpha value is 0.400. The fourth-order valence-corrected chi connectivity index (χ4v) is 0.565. The van der Waals surface area contributed by atoms with E-state index in [9.17, 15) is 4.39 Å². The van der Waals surface area contributed by atoms with Crippen LogP contribution < -0.4 is 0 Å². The van der Waals surface area contributed by atoms with Gasteiger partial charge in [0.1, 0.15) is 0 Å². The van der Waals surface area contributed by atoms with Gasteiger partial charge in [0.05, 0.1) is 0 Å². The van der Waals surface area contributed by atoms with Gasteiger partial charge in [-0.25, -0.2) is 4.39 Å². The van der Waals surface area contributed by atoms with E-state index >= 15 is 0 Å². The summed E-state index contributed by atoms with van der Waals surface area (Å²) in [7, 11) is 0. The Morgan fingerprint density at radius 3 is 2.57 bits per heavy atom. The van der Waals surface area contributed by atoms with Crippen LogP contribution in [0.3, 0.4) is 0 Å². The molecule has 0 fully saturated rings. The highest BCUT2D eigenvalue weighted by Gasteiger charge is 1.79. The van der Waals surface area contributed by atoms with Crippen LogP contribution in [0.1, 0.15) is 19.8 Å². The summed E-state index contributed by atoms with van der Waals surface area (Å²) in [5.41, 5.74) is 0. The zero-order valence-corrected chi connectivity index (χ0v) is 6.40. The zero-order valence-electron chi connectivity index (χ0n) is 4.25. The maximum absolute atomic E-state index is 11.7.